The van der Waals surface area contributed by atoms with Gasteiger partial charge >= 0.3 is 5.97 Å². The highest BCUT2D eigenvalue weighted by Crippen LogP contribution is 2.13. The second-order valence-electron chi connectivity index (χ2n) is 8.67. The molecule has 194 valence electrons. The predicted octanol–water partition coefficient (Wildman–Crippen LogP) is 0.880. The van der Waals surface area contributed by atoms with Crippen LogP contribution in [0.2, 0.25) is 0 Å². The maximum Gasteiger partial charge on any atom is 0.326 e. The molecule has 0 unspecified atom stereocenters. The summed E-state index contributed by atoms with van der Waals surface area (Å²) in [7, 11) is -3.38. The summed E-state index contributed by atoms with van der Waals surface area (Å²) in [4.78, 5) is 24.7. The van der Waals surface area contributed by atoms with E-state index in [1.165, 1.54) is 0 Å². The van der Waals surface area contributed by atoms with E-state index in [1.54, 1.807) is 0 Å². The summed E-state index contributed by atoms with van der Waals surface area (Å²) in [5.41, 5.74) is 6.83. The zero-order chi connectivity index (χ0) is 25.7. The van der Waals surface area contributed by atoms with Crippen LogP contribution < -0.4 is 16.4 Å². The van der Waals surface area contributed by atoms with Crippen molar-refractivity contribution in [3.8, 4) is 0 Å². The molecule has 1 rings (SSSR count). The van der Waals surface area contributed by atoms with E-state index in [2.05, 4.69) is 37.1 Å². The first-order chi connectivity index (χ1) is 16.0. The van der Waals surface area contributed by atoms with Crippen LogP contribution in [-0.2, 0) is 30.6 Å². The fourth-order valence-corrected chi connectivity index (χ4v) is 4.00. The first-order valence-corrected chi connectivity index (χ1v) is 14.1. The molecule has 0 aliphatic rings. The molecule has 9 nitrogen and oxygen atoms in total. The standard InChI is InChI=1S/C23H39N3O6S2/c1-4-16(2)20(25-13-18(24)15-33)14-32-21(12-17-8-6-5-7-9-17)22(27)26-19(23(28)29)10-11-34(3,30)31/h5-9,16,18-21,25,33H,4,10-15,24H2,1-3H3,(H,26,27)(H,28,29)/t16-,18+,19+,20+,21+/m1/s1. The van der Waals surface area contributed by atoms with Gasteiger partial charge in [0, 0.05) is 37.1 Å². The lowest BCUT2D eigenvalue weighted by Crippen LogP contribution is -2.50. The van der Waals surface area contributed by atoms with E-state index >= 15 is 0 Å². The number of nitrogens with two attached hydrogens (primary N) is 1. The summed E-state index contributed by atoms with van der Waals surface area (Å²) in [5.74, 6) is -1.46. The summed E-state index contributed by atoms with van der Waals surface area (Å²) < 4.78 is 29.0. The Morgan fingerprint density at radius 1 is 1.24 bits per heavy atom. The number of rotatable bonds is 17. The monoisotopic (exact) mass is 517 g/mol. The lowest BCUT2D eigenvalue weighted by Gasteiger charge is -2.28. The number of thiol groups is 1. The highest BCUT2D eigenvalue weighted by atomic mass is 32.2. The van der Waals surface area contributed by atoms with Crippen molar-refractivity contribution in [2.24, 2.45) is 11.7 Å². The maximum absolute atomic E-state index is 13.1. The van der Waals surface area contributed by atoms with E-state index in [0.29, 0.717) is 12.3 Å². The fraction of sp³-hybridized carbons (Fsp3) is 0.652. The molecule has 0 radical (unpaired) electrons. The van der Waals surface area contributed by atoms with E-state index in [4.69, 9.17) is 10.5 Å². The molecule has 34 heavy (non-hydrogen) atoms. The first-order valence-electron chi connectivity index (χ1n) is 11.4. The van der Waals surface area contributed by atoms with Crippen molar-refractivity contribution in [1.82, 2.24) is 10.6 Å². The van der Waals surface area contributed by atoms with E-state index in [0.717, 1.165) is 18.2 Å². The van der Waals surface area contributed by atoms with Crippen molar-refractivity contribution in [3.63, 3.8) is 0 Å². The molecule has 0 saturated carbocycles. The van der Waals surface area contributed by atoms with E-state index < -0.39 is 33.9 Å². The van der Waals surface area contributed by atoms with Crippen molar-refractivity contribution in [1.29, 1.82) is 0 Å². The Balaban J connectivity index is 2.97. The number of sulfone groups is 1. The number of carbonyl (C=O) groups is 2. The van der Waals surface area contributed by atoms with Gasteiger partial charge in [-0.2, -0.15) is 12.6 Å². The van der Waals surface area contributed by atoms with Crippen LogP contribution in [0.4, 0.5) is 0 Å². The zero-order valence-electron chi connectivity index (χ0n) is 20.1. The molecule has 0 aromatic heterocycles. The number of carboxylic acids is 1. The summed E-state index contributed by atoms with van der Waals surface area (Å²) in [5, 5.41) is 15.3. The molecule has 0 bridgehead atoms. The summed E-state index contributed by atoms with van der Waals surface area (Å²) in [6, 6.07) is 7.75. The molecule has 11 heteroatoms. The summed E-state index contributed by atoms with van der Waals surface area (Å²) in [6.45, 7) is 4.90. The van der Waals surface area contributed by atoms with Gasteiger partial charge in [0.15, 0.2) is 0 Å². The average Bonchev–Trinajstić information content (AvgIpc) is 2.79. The number of carboxylic acid groups (broad SMARTS) is 1. The number of hydrogen-bond donors (Lipinski definition) is 5. The lowest BCUT2D eigenvalue weighted by molar-refractivity contribution is -0.144. The Morgan fingerprint density at radius 2 is 1.88 bits per heavy atom. The van der Waals surface area contributed by atoms with E-state index in [9.17, 15) is 23.1 Å². The SMILES string of the molecule is CC[C@@H](C)[C@H](CO[C@@H](Cc1ccccc1)C(=O)N[C@@H](CCS(C)(=O)=O)C(=O)O)NC[C@H](N)CS. The average molecular weight is 518 g/mol. The summed E-state index contributed by atoms with van der Waals surface area (Å²) >= 11 is 4.21. The van der Waals surface area contributed by atoms with Gasteiger partial charge in [-0.3, -0.25) is 4.79 Å². The van der Waals surface area contributed by atoms with Crippen molar-refractivity contribution >= 4 is 34.3 Å². The Kier molecular flexibility index (Phi) is 13.7. The third-order valence-corrected chi connectivity index (χ3v) is 7.08. The third kappa shape index (κ3) is 12.2. The van der Waals surface area contributed by atoms with Gasteiger partial charge in [0.2, 0.25) is 5.91 Å². The van der Waals surface area contributed by atoms with Crippen LogP contribution in [0.3, 0.4) is 0 Å². The highest BCUT2D eigenvalue weighted by molar-refractivity contribution is 7.90. The van der Waals surface area contributed by atoms with Crippen molar-refractivity contribution in [2.45, 2.75) is 57.3 Å². The largest absolute Gasteiger partial charge is 0.480 e. The van der Waals surface area contributed by atoms with Crippen LogP contribution in [0.1, 0.15) is 32.3 Å². The molecule has 0 aliphatic heterocycles. The number of aliphatic carboxylic acids is 1. The second kappa shape index (κ2) is 15.4. The number of hydrogen-bond acceptors (Lipinski definition) is 8. The molecule has 0 fully saturated rings. The smallest absolute Gasteiger partial charge is 0.326 e. The number of benzene rings is 1. The molecular formula is C23H39N3O6S2. The minimum Gasteiger partial charge on any atom is -0.480 e. The quantitative estimate of drug-likeness (QED) is 0.191. The third-order valence-electron chi connectivity index (χ3n) is 5.63. The van der Waals surface area contributed by atoms with Crippen molar-refractivity contribution < 1.29 is 27.9 Å². The number of nitrogens with one attached hydrogen (secondary N) is 2. The minimum absolute atomic E-state index is 0.0671. The minimum atomic E-state index is -3.38. The molecule has 1 amide bonds. The van der Waals surface area contributed by atoms with Crippen LogP contribution >= 0.6 is 12.6 Å². The Hall–Kier alpha value is -1.66. The van der Waals surface area contributed by atoms with Gasteiger partial charge in [0.1, 0.15) is 22.0 Å². The molecule has 0 saturated heterocycles. The molecule has 0 aliphatic carbocycles. The van der Waals surface area contributed by atoms with Crippen LogP contribution in [0.5, 0.6) is 0 Å². The number of amides is 1. The fourth-order valence-electron chi connectivity index (χ4n) is 3.21. The van der Waals surface area contributed by atoms with Gasteiger partial charge in [-0.25, -0.2) is 13.2 Å². The van der Waals surface area contributed by atoms with Gasteiger partial charge < -0.3 is 26.2 Å². The van der Waals surface area contributed by atoms with E-state index in [1.807, 2.05) is 30.3 Å². The predicted molar refractivity (Wildman–Crippen MR) is 137 cm³/mol. The first kappa shape index (κ1) is 30.4. The van der Waals surface area contributed by atoms with Crippen LogP contribution in [0.15, 0.2) is 30.3 Å². The zero-order valence-corrected chi connectivity index (χ0v) is 21.9. The Morgan fingerprint density at radius 3 is 2.41 bits per heavy atom. The van der Waals surface area contributed by atoms with Crippen LogP contribution in [-0.4, -0.2) is 80.5 Å². The van der Waals surface area contributed by atoms with Crippen LogP contribution in [0, 0.1) is 5.92 Å². The van der Waals surface area contributed by atoms with Gasteiger partial charge in [-0.1, -0.05) is 50.6 Å². The molecule has 5 atom stereocenters. The molecule has 0 spiro atoms. The van der Waals surface area contributed by atoms with Gasteiger partial charge in [-0.15, -0.1) is 0 Å². The normalized spacial score (nSPS) is 16.3. The Labute approximate surface area is 208 Å². The topological polar surface area (TPSA) is 148 Å². The van der Waals surface area contributed by atoms with Crippen molar-refractivity contribution in [3.05, 3.63) is 35.9 Å². The van der Waals surface area contributed by atoms with Crippen LogP contribution in [0.25, 0.3) is 0 Å². The maximum atomic E-state index is 13.1. The second-order valence-corrected chi connectivity index (χ2v) is 11.3. The number of ether oxygens (including phenoxy) is 1. The molecule has 5 N–H and O–H groups in total. The molecule has 0 heterocycles. The van der Waals surface area contributed by atoms with Gasteiger partial charge in [-0.05, 0) is 17.9 Å². The molecule has 1 aromatic rings. The van der Waals surface area contributed by atoms with E-state index in [-0.39, 0.29) is 43.2 Å². The highest BCUT2D eigenvalue weighted by Gasteiger charge is 2.28. The molecule has 1 aromatic carbocycles. The lowest BCUT2D eigenvalue weighted by atomic mass is 9.99. The number of carbonyl (C=O) groups excluding carboxylic acids is 1. The van der Waals surface area contributed by atoms with Gasteiger partial charge in [0.05, 0.1) is 12.4 Å². The Bertz CT molecular complexity index is 854. The molecular weight excluding hydrogens is 478 g/mol. The van der Waals surface area contributed by atoms with Crippen molar-refractivity contribution in [2.75, 3.05) is 30.9 Å². The summed E-state index contributed by atoms with van der Waals surface area (Å²) in [6.07, 6.45) is 0.982. The van der Waals surface area contributed by atoms with Gasteiger partial charge in [0.25, 0.3) is 0 Å².